The van der Waals surface area contributed by atoms with Gasteiger partial charge in [0.1, 0.15) is 23.4 Å². The molecular formula is C18H26O6. The molecule has 0 aromatic carbocycles. The van der Waals surface area contributed by atoms with Crippen LogP contribution in [0.2, 0.25) is 0 Å². The monoisotopic (exact) mass is 338 g/mol. The van der Waals surface area contributed by atoms with Gasteiger partial charge in [0.25, 0.3) is 0 Å². The molecule has 6 nitrogen and oxygen atoms in total. The Kier molecular flexibility index (Phi) is 3.34. The summed E-state index contributed by atoms with van der Waals surface area (Å²) in [7, 11) is 0. The molecule has 24 heavy (non-hydrogen) atoms. The molecule has 5 heterocycles. The van der Waals surface area contributed by atoms with E-state index in [4.69, 9.17) is 23.7 Å². The molecule has 5 aliphatic rings. The minimum absolute atomic E-state index is 0.252. The van der Waals surface area contributed by atoms with Gasteiger partial charge in [0.05, 0.1) is 0 Å². The lowest BCUT2D eigenvalue weighted by molar-refractivity contribution is -0.291. The van der Waals surface area contributed by atoms with E-state index in [0.29, 0.717) is 32.8 Å². The van der Waals surface area contributed by atoms with Crippen LogP contribution in [-0.4, -0.2) is 61.4 Å². The number of ether oxygens (including phenoxy) is 5. The minimum atomic E-state index is -1.04. The molecule has 6 heteroatoms. The Morgan fingerprint density at radius 2 is 1.29 bits per heavy atom. The molecule has 5 aliphatic heterocycles. The molecule has 0 aromatic heterocycles. The quantitative estimate of drug-likeness (QED) is 0.627. The average molecular weight is 338 g/mol. The van der Waals surface area contributed by atoms with E-state index >= 15 is 0 Å². The van der Waals surface area contributed by atoms with E-state index in [-0.39, 0.29) is 12.6 Å². The molecule has 4 atom stereocenters. The van der Waals surface area contributed by atoms with Gasteiger partial charge in [-0.2, -0.15) is 0 Å². The maximum Gasteiger partial charge on any atom is 0.341 e. The largest absolute Gasteiger partial charge is 0.460 e. The standard InChI is InChI=1S/C18H26O6/c19-14-16(6-2-10-22-16)18(8-4-12-24-18)17(7-3-11-23-17)15(13-20-14)5-1-9-21-15/h1-13H2/t15-,16+,17-,18+/m0/s1. The highest BCUT2D eigenvalue weighted by Gasteiger charge is 2.80. The van der Waals surface area contributed by atoms with Crippen molar-refractivity contribution in [1.82, 2.24) is 0 Å². The van der Waals surface area contributed by atoms with E-state index in [1.165, 1.54) is 0 Å². The lowest BCUT2D eigenvalue weighted by atomic mass is 9.60. The summed E-state index contributed by atoms with van der Waals surface area (Å²) in [5, 5.41) is 0. The number of carbonyl (C=O) groups is 1. The van der Waals surface area contributed by atoms with Crippen LogP contribution >= 0.6 is 0 Å². The molecular weight excluding hydrogens is 312 g/mol. The molecule has 0 saturated carbocycles. The lowest BCUT2D eigenvalue weighted by Crippen LogP contribution is -2.75. The smallest absolute Gasteiger partial charge is 0.341 e. The average Bonchev–Trinajstić information content (AvgIpc) is 3.39. The Hall–Kier alpha value is -0.690. The molecule has 5 saturated heterocycles. The van der Waals surface area contributed by atoms with E-state index in [9.17, 15) is 4.79 Å². The van der Waals surface area contributed by atoms with E-state index in [1.807, 2.05) is 0 Å². The zero-order valence-electron chi connectivity index (χ0n) is 14.1. The van der Waals surface area contributed by atoms with Gasteiger partial charge < -0.3 is 23.7 Å². The van der Waals surface area contributed by atoms with Gasteiger partial charge in [0, 0.05) is 26.4 Å². The Morgan fingerprint density at radius 1 is 0.667 bits per heavy atom. The van der Waals surface area contributed by atoms with Crippen LogP contribution in [0.15, 0.2) is 0 Å². The van der Waals surface area contributed by atoms with Gasteiger partial charge >= 0.3 is 5.97 Å². The summed E-state index contributed by atoms with van der Waals surface area (Å²) in [6.45, 7) is 2.83. The van der Waals surface area contributed by atoms with Crippen LogP contribution in [0.25, 0.3) is 0 Å². The second-order valence-electron chi connectivity index (χ2n) is 7.86. The van der Waals surface area contributed by atoms with Crippen LogP contribution in [0, 0.1) is 0 Å². The maximum atomic E-state index is 13.1. The van der Waals surface area contributed by atoms with Crippen LogP contribution in [0.3, 0.4) is 0 Å². The van der Waals surface area contributed by atoms with Crippen molar-refractivity contribution in [2.45, 2.75) is 73.8 Å². The normalized spacial score (nSPS) is 51.2. The molecule has 0 bridgehead atoms. The van der Waals surface area contributed by atoms with Crippen molar-refractivity contribution in [2.24, 2.45) is 0 Å². The van der Waals surface area contributed by atoms with Gasteiger partial charge in [-0.25, -0.2) is 4.79 Å². The maximum absolute atomic E-state index is 13.1. The van der Waals surface area contributed by atoms with E-state index < -0.39 is 22.4 Å². The molecule has 134 valence electrons. The SMILES string of the molecule is O=C1OC[C@@]2(CCCO2)[C@@]2(CCCO2)[C@@]2(CCCO2)[C@@]12CCCO2. The Morgan fingerprint density at radius 3 is 1.88 bits per heavy atom. The van der Waals surface area contributed by atoms with Gasteiger partial charge in [0.15, 0.2) is 5.60 Å². The first-order valence-electron chi connectivity index (χ1n) is 9.44. The van der Waals surface area contributed by atoms with Crippen LogP contribution in [-0.2, 0) is 28.5 Å². The zero-order valence-corrected chi connectivity index (χ0v) is 14.1. The number of rotatable bonds is 0. The third-order valence-electron chi connectivity index (χ3n) is 6.98. The highest BCUT2D eigenvalue weighted by atomic mass is 16.7. The summed E-state index contributed by atoms with van der Waals surface area (Å²) in [6, 6.07) is 0. The van der Waals surface area contributed by atoms with E-state index in [2.05, 4.69) is 0 Å². The Balaban J connectivity index is 1.74. The summed E-state index contributed by atoms with van der Waals surface area (Å²) in [5.41, 5.74) is -3.07. The third kappa shape index (κ3) is 1.59. The number of hydrogen-bond acceptors (Lipinski definition) is 6. The molecule has 0 aliphatic carbocycles. The molecule has 0 aromatic rings. The van der Waals surface area contributed by atoms with Crippen LogP contribution < -0.4 is 0 Å². The van der Waals surface area contributed by atoms with Crippen LogP contribution in [0.5, 0.6) is 0 Å². The van der Waals surface area contributed by atoms with E-state index in [0.717, 1.165) is 44.9 Å². The Labute approximate surface area is 142 Å². The molecule has 4 spiro atoms. The molecule has 0 amide bonds. The molecule has 0 N–H and O–H groups in total. The lowest BCUT2D eigenvalue weighted by Gasteiger charge is -2.55. The van der Waals surface area contributed by atoms with Gasteiger partial charge in [-0.05, 0) is 51.4 Å². The summed E-state index contributed by atoms with van der Waals surface area (Å²) in [4.78, 5) is 13.1. The van der Waals surface area contributed by atoms with Crippen LogP contribution in [0.1, 0.15) is 51.4 Å². The number of cyclic esters (lactones) is 1. The third-order valence-corrected chi connectivity index (χ3v) is 6.98. The van der Waals surface area contributed by atoms with Crippen LogP contribution in [0.4, 0.5) is 0 Å². The fourth-order valence-corrected chi connectivity index (χ4v) is 6.12. The minimum Gasteiger partial charge on any atom is -0.460 e. The van der Waals surface area contributed by atoms with Crippen molar-refractivity contribution in [1.29, 1.82) is 0 Å². The first kappa shape index (κ1) is 15.6. The highest BCUT2D eigenvalue weighted by molar-refractivity contribution is 5.83. The molecule has 0 unspecified atom stereocenters. The zero-order chi connectivity index (χ0) is 16.3. The summed E-state index contributed by atoms with van der Waals surface area (Å²) < 4.78 is 31.2. The Bertz CT molecular complexity index is 520. The number of carbonyl (C=O) groups excluding carboxylic acids is 1. The van der Waals surface area contributed by atoms with Crippen molar-refractivity contribution in [3.8, 4) is 0 Å². The fourth-order valence-electron chi connectivity index (χ4n) is 6.12. The summed E-state index contributed by atoms with van der Waals surface area (Å²) in [5.74, 6) is -0.274. The predicted octanol–water partition coefficient (Wildman–Crippen LogP) is 1.74. The first-order valence-corrected chi connectivity index (χ1v) is 9.44. The fraction of sp³-hybridized carbons (Fsp3) is 0.944. The molecule has 5 fully saturated rings. The van der Waals surface area contributed by atoms with Crippen molar-refractivity contribution >= 4 is 5.97 Å². The first-order chi connectivity index (χ1) is 11.7. The number of fused-ring (bicyclic) bond motifs is 3. The van der Waals surface area contributed by atoms with Crippen molar-refractivity contribution < 1.29 is 28.5 Å². The summed E-state index contributed by atoms with van der Waals surface area (Å²) >= 11 is 0. The van der Waals surface area contributed by atoms with Gasteiger partial charge in [0.2, 0.25) is 0 Å². The number of esters is 1. The predicted molar refractivity (Wildman–Crippen MR) is 82.6 cm³/mol. The molecule has 0 radical (unpaired) electrons. The second kappa shape index (κ2) is 5.16. The number of hydrogen-bond donors (Lipinski definition) is 0. The highest BCUT2D eigenvalue weighted by Crippen LogP contribution is 2.62. The van der Waals surface area contributed by atoms with Crippen molar-refractivity contribution in [3.05, 3.63) is 0 Å². The van der Waals surface area contributed by atoms with Gasteiger partial charge in [-0.1, -0.05) is 0 Å². The second-order valence-corrected chi connectivity index (χ2v) is 7.86. The van der Waals surface area contributed by atoms with Gasteiger partial charge in [-0.3, -0.25) is 0 Å². The topological polar surface area (TPSA) is 63.2 Å². The van der Waals surface area contributed by atoms with Crippen molar-refractivity contribution in [2.75, 3.05) is 33.0 Å². The van der Waals surface area contributed by atoms with E-state index in [1.54, 1.807) is 0 Å². The van der Waals surface area contributed by atoms with Gasteiger partial charge in [-0.15, -0.1) is 0 Å². The molecule has 5 rings (SSSR count). The summed E-state index contributed by atoms with van der Waals surface area (Å²) in [6.07, 6.45) is 6.80. The van der Waals surface area contributed by atoms with Crippen molar-refractivity contribution in [3.63, 3.8) is 0 Å².